The summed E-state index contributed by atoms with van der Waals surface area (Å²) in [4.78, 5) is 11.6. The Hall–Kier alpha value is -1.03. The van der Waals surface area contributed by atoms with Crippen LogP contribution in [-0.2, 0) is 33.2 Å². The van der Waals surface area contributed by atoms with Gasteiger partial charge in [-0.05, 0) is 19.3 Å². The minimum absolute atomic E-state index is 0.0269. The first-order chi connectivity index (χ1) is 15.3. The maximum Gasteiger partial charge on any atom is 0.305 e. The van der Waals surface area contributed by atoms with Gasteiger partial charge >= 0.3 is 5.97 Å². The second kappa shape index (κ2) is 27.0. The molecule has 0 bridgehead atoms. The largest absolute Gasteiger partial charge is 0.463 e. The molecule has 8 nitrogen and oxygen atoms in total. The van der Waals surface area contributed by atoms with Crippen molar-refractivity contribution < 1.29 is 38.3 Å². The summed E-state index contributed by atoms with van der Waals surface area (Å²) in [6, 6.07) is 0. The Bertz CT molecular complexity index is 379. The predicted molar refractivity (Wildman–Crippen MR) is 119 cm³/mol. The Morgan fingerprint density at radius 3 is 1.52 bits per heavy atom. The van der Waals surface area contributed by atoms with Gasteiger partial charge in [0.15, 0.2) is 0 Å². The first-order valence-electron chi connectivity index (χ1n) is 11.6. The molecule has 0 saturated heterocycles. The minimum Gasteiger partial charge on any atom is -0.463 e. The Kier molecular flexibility index (Phi) is 26.1. The zero-order valence-corrected chi connectivity index (χ0v) is 19.2. The summed E-state index contributed by atoms with van der Waals surface area (Å²) in [5.41, 5.74) is 0. The van der Waals surface area contributed by atoms with Crippen molar-refractivity contribution in [1.29, 1.82) is 0 Å². The molecule has 0 aromatic rings. The van der Waals surface area contributed by atoms with Gasteiger partial charge in [-0.15, -0.1) is 6.58 Å². The number of rotatable bonds is 26. The van der Waals surface area contributed by atoms with E-state index >= 15 is 0 Å². The van der Waals surface area contributed by atoms with Crippen molar-refractivity contribution in [3.05, 3.63) is 12.7 Å². The van der Waals surface area contributed by atoms with E-state index in [9.17, 15) is 4.79 Å². The molecule has 1 N–H and O–H groups in total. The van der Waals surface area contributed by atoms with E-state index in [0.29, 0.717) is 72.5 Å². The number of carbonyl (C=O) groups excluding carboxylic acids is 1. The number of hydrogen-bond acceptors (Lipinski definition) is 8. The molecule has 0 aromatic heterocycles. The standard InChI is InChI=1S/C23H44O8/c1-2-3-4-5-6-7-8-9-10-23(25)31-22-21-30-20-19-29-18-17-28-16-15-27-14-13-26-12-11-24/h2,24H,1,3-22H2. The summed E-state index contributed by atoms with van der Waals surface area (Å²) < 4.78 is 31.7. The van der Waals surface area contributed by atoms with Gasteiger partial charge < -0.3 is 33.5 Å². The van der Waals surface area contributed by atoms with E-state index in [2.05, 4.69) is 6.58 Å². The van der Waals surface area contributed by atoms with Gasteiger partial charge in [-0.2, -0.15) is 0 Å². The summed E-state index contributed by atoms with van der Waals surface area (Å²) in [6.07, 6.45) is 10.4. The fourth-order valence-corrected chi connectivity index (χ4v) is 2.60. The first-order valence-corrected chi connectivity index (χ1v) is 11.6. The van der Waals surface area contributed by atoms with Crippen molar-refractivity contribution in [2.75, 3.05) is 79.3 Å². The molecular formula is C23H44O8. The molecule has 0 aliphatic rings. The van der Waals surface area contributed by atoms with Crippen LogP contribution in [0.2, 0.25) is 0 Å². The summed E-state index contributed by atoms with van der Waals surface area (Å²) in [7, 11) is 0. The van der Waals surface area contributed by atoms with Gasteiger partial charge in [0.2, 0.25) is 0 Å². The summed E-state index contributed by atoms with van der Waals surface area (Å²) in [5.74, 6) is -0.148. The Balaban J connectivity index is 3.12. The number of carbonyl (C=O) groups is 1. The van der Waals surface area contributed by atoms with Crippen molar-refractivity contribution in [2.45, 2.75) is 51.4 Å². The van der Waals surface area contributed by atoms with Crippen LogP contribution in [0.3, 0.4) is 0 Å². The zero-order chi connectivity index (χ0) is 22.7. The highest BCUT2D eigenvalue weighted by molar-refractivity contribution is 5.69. The lowest BCUT2D eigenvalue weighted by atomic mass is 10.1. The maximum absolute atomic E-state index is 11.6. The Morgan fingerprint density at radius 2 is 1.03 bits per heavy atom. The van der Waals surface area contributed by atoms with Gasteiger partial charge in [0.05, 0.1) is 72.7 Å². The van der Waals surface area contributed by atoms with E-state index in [-0.39, 0.29) is 19.2 Å². The maximum atomic E-state index is 11.6. The molecule has 0 aliphatic heterocycles. The molecule has 0 aromatic carbocycles. The van der Waals surface area contributed by atoms with Crippen molar-refractivity contribution in [3.8, 4) is 0 Å². The van der Waals surface area contributed by atoms with E-state index in [0.717, 1.165) is 19.3 Å². The first kappa shape index (κ1) is 30.0. The molecule has 0 saturated carbocycles. The van der Waals surface area contributed by atoms with E-state index < -0.39 is 0 Å². The normalized spacial score (nSPS) is 11.0. The number of allylic oxidation sites excluding steroid dienone is 1. The van der Waals surface area contributed by atoms with Crippen LogP contribution < -0.4 is 0 Å². The van der Waals surface area contributed by atoms with Crippen LogP contribution in [-0.4, -0.2) is 90.4 Å². The van der Waals surface area contributed by atoms with E-state index in [1.165, 1.54) is 25.7 Å². The zero-order valence-electron chi connectivity index (χ0n) is 19.2. The predicted octanol–water partition coefficient (Wildman–Crippen LogP) is 2.91. The minimum atomic E-state index is -0.148. The average Bonchev–Trinajstić information content (AvgIpc) is 2.77. The summed E-state index contributed by atoms with van der Waals surface area (Å²) in [5, 5.41) is 8.54. The lowest BCUT2D eigenvalue weighted by Crippen LogP contribution is -2.15. The fraction of sp³-hybridized carbons (Fsp3) is 0.870. The van der Waals surface area contributed by atoms with Crippen LogP contribution >= 0.6 is 0 Å². The quantitative estimate of drug-likeness (QED) is 0.123. The third-order valence-electron chi connectivity index (χ3n) is 4.25. The third kappa shape index (κ3) is 26.9. The number of aliphatic hydroxyl groups excluding tert-OH is 1. The van der Waals surface area contributed by atoms with Crippen molar-refractivity contribution in [2.24, 2.45) is 0 Å². The molecule has 0 rings (SSSR count). The number of esters is 1. The lowest BCUT2D eigenvalue weighted by molar-refractivity contribution is -0.145. The highest BCUT2D eigenvalue weighted by atomic mass is 16.6. The number of aliphatic hydroxyl groups is 1. The molecule has 31 heavy (non-hydrogen) atoms. The van der Waals surface area contributed by atoms with Crippen molar-refractivity contribution in [3.63, 3.8) is 0 Å². The second-order valence-corrected chi connectivity index (χ2v) is 6.95. The molecule has 0 radical (unpaired) electrons. The van der Waals surface area contributed by atoms with Gasteiger partial charge in [0.25, 0.3) is 0 Å². The molecule has 0 spiro atoms. The average molecular weight is 449 g/mol. The molecule has 0 heterocycles. The van der Waals surface area contributed by atoms with E-state index in [1.54, 1.807) is 0 Å². The van der Waals surface area contributed by atoms with Crippen LogP contribution in [0.25, 0.3) is 0 Å². The molecule has 0 atom stereocenters. The summed E-state index contributed by atoms with van der Waals surface area (Å²) in [6.45, 7) is 8.64. The van der Waals surface area contributed by atoms with Crippen LogP contribution in [0.4, 0.5) is 0 Å². The van der Waals surface area contributed by atoms with Crippen LogP contribution in [0.15, 0.2) is 12.7 Å². The van der Waals surface area contributed by atoms with Gasteiger partial charge in [0, 0.05) is 6.42 Å². The second-order valence-electron chi connectivity index (χ2n) is 6.95. The Labute approximate surface area is 188 Å². The van der Waals surface area contributed by atoms with Crippen LogP contribution in [0.5, 0.6) is 0 Å². The molecule has 0 aliphatic carbocycles. The molecule has 0 unspecified atom stereocenters. The summed E-state index contributed by atoms with van der Waals surface area (Å²) >= 11 is 0. The topological polar surface area (TPSA) is 92.7 Å². The molecule has 184 valence electrons. The van der Waals surface area contributed by atoms with Crippen LogP contribution in [0.1, 0.15) is 51.4 Å². The number of hydrogen-bond donors (Lipinski definition) is 1. The molecule has 0 fully saturated rings. The SMILES string of the molecule is C=CCCCCCCCCC(=O)OCCOCCOCCOCCOCCOCCO. The van der Waals surface area contributed by atoms with Crippen LogP contribution in [0, 0.1) is 0 Å². The number of ether oxygens (including phenoxy) is 6. The highest BCUT2D eigenvalue weighted by Gasteiger charge is 2.02. The van der Waals surface area contributed by atoms with E-state index in [1.807, 2.05) is 6.08 Å². The smallest absolute Gasteiger partial charge is 0.305 e. The van der Waals surface area contributed by atoms with Crippen molar-refractivity contribution in [1.82, 2.24) is 0 Å². The fourth-order valence-electron chi connectivity index (χ4n) is 2.60. The van der Waals surface area contributed by atoms with Crippen molar-refractivity contribution >= 4 is 5.97 Å². The van der Waals surface area contributed by atoms with E-state index in [4.69, 9.17) is 33.5 Å². The number of unbranched alkanes of at least 4 members (excludes halogenated alkanes) is 6. The molecule has 0 amide bonds. The highest BCUT2D eigenvalue weighted by Crippen LogP contribution is 2.09. The van der Waals surface area contributed by atoms with Gasteiger partial charge in [0.1, 0.15) is 6.61 Å². The lowest BCUT2D eigenvalue weighted by Gasteiger charge is -2.08. The van der Waals surface area contributed by atoms with Gasteiger partial charge in [-0.1, -0.05) is 31.8 Å². The van der Waals surface area contributed by atoms with Gasteiger partial charge in [-0.3, -0.25) is 4.79 Å². The van der Waals surface area contributed by atoms with Gasteiger partial charge in [-0.25, -0.2) is 0 Å². The Morgan fingerprint density at radius 1 is 0.613 bits per heavy atom. The third-order valence-corrected chi connectivity index (χ3v) is 4.25. The monoisotopic (exact) mass is 448 g/mol. The molecule has 8 heteroatoms. The molecular weight excluding hydrogens is 404 g/mol.